The molecule has 3 rings (SSSR count). The van der Waals surface area contributed by atoms with Crippen LogP contribution in [0.1, 0.15) is 30.7 Å². The van der Waals surface area contributed by atoms with Crippen LogP contribution in [-0.2, 0) is 20.5 Å². The highest BCUT2D eigenvalue weighted by Crippen LogP contribution is 2.27. The summed E-state index contributed by atoms with van der Waals surface area (Å²) in [5.41, 5.74) is 0.461. The van der Waals surface area contributed by atoms with Crippen molar-refractivity contribution < 1.29 is 17.7 Å². The maximum atomic E-state index is 12.8. The summed E-state index contributed by atoms with van der Waals surface area (Å²) in [4.78, 5) is 2.35. The van der Waals surface area contributed by atoms with Crippen molar-refractivity contribution in [2.24, 2.45) is 0 Å². The number of hydrogen-bond acceptors (Lipinski definition) is 6. The van der Waals surface area contributed by atoms with Gasteiger partial charge < -0.3 is 14.2 Å². The van der Waals surface area contributed by atoms with Gasteiger partial charge in [0.1, 0.15) is 17.2 Å². The van der Waals surface area contributed by atoms with Crippen LogP contribution in [0, 0.1) is 6.92 Å². The first-order chi connectivity index (χ1) is 11.0. The quantitative estimate of drug-likeness (QED) is 0.767. The van der Waals surface area contributed by atoms with Crippen LogP contribution in [0.4, 0.5) is 0 Å². The molecule has 7 nitrogen and oxygen atoms in total. The molecule has 0 unspecified atom stereocenters. The molecular weight excluding hydrogens is 318 g/mol. The molecule has 0 radical (unpaired) electrons. The summed E-state index contributed by atoms with van der Waals surface area (Å²) in [5, 5.41) is 3.82. The van der Waals surface area contributed by atoms with E-state index in [4.69, 9.17) is 9.26 Å². The third-order valence-electron chi connectivity index (χ3n) is 4.69. The summed E-state index contributed by atoms with van der Waals surface area (Å²) < 4.78 is 37.7. The molecule has 0 spiro atoms. The van der Waals surface area contributed by atoms with E-state index in [2.05, 4.69) is 10.1 Å². The molecule has 130 valence electrons. The van der Waals surface area contributed by atoms with Crippen molar-refractivity contribution in [2.45, 2.75) is 44.1 Å². The summed E-state index contributed by atoms with van der Waals surface area (Å²) in [6.45, 7) is 5.09. The Labute approximate surface area is 137 Å². The van der Waals surface area contributed by atoms with Crippen LogP contribution in [0.5, 0.6) is 0 Å². The maximum Gasteiger partial charge on any atom is 0.220 e. The minimum atomic E-state index is -3.43. The highest BCUT2D eigenvalue weighted by atomic mass is 32.2. The lowest BCUT2D eigenvalue weighted by Crippen LogP contribution is -2.43. The number of aromatic nitrogens is 1. The number of nitrogens with zero attached hydrogens (tertiary/aromatic N) is 3. The SMILES string of the molecule is CO[C@H]1C[C@@H](CN2CCCC2)N(S(=O)(=O)Cc2cc(C)on2)C1. The molecule has 0 N–H and O–H groups in total. The predicted octanol–water partition coefficient (Wildman–Crippen LogP) is 0.998. The van der Waals surface area contributed by atoms with Gasteiger partial charge in [0.05, 0.1) is 6.10 Å². The van der Waals surface area contributed by atoms with E-state index in [9.17, 15) is 8.42 Å². The molecule has 1 aromatic rings. The number of rotatable bonds is 6. The van der Waals surface area contributed by atoms with Gasteiger partial charge in [0.15, 0.2) is 0 Å². The van der Waals surface area contributed by atoms with E-state index < -0.39 is 10.0 Å². The molecule has 0 aliphatic carbocycles. The molecule has 2 fully saturated rings. The highest BCUT2D eigenvalue weighted by molar-refractivity contribution is 7.88. The molecule has 23 heavy (non-hydrogen) atoms. The van der Waals surface area contributed by atoms with Gasteiger partial charge in [-0.05, 0) is 39.3 Å². The molecule has 0 bridgehead atoms. The predicted molar refractivity (Wildman–Crippen MR) is 85.4 cm³/mol. The minimum Gasteiger partial charge on any atom is -0.380 e. The van der Waals surface area contributed by atoms with Gasteiger partial charge in [0.2, 0.25) is 10.0 Å². The number of aryl methyl sites for hydroxylation is 1. The van der Waals surface area contributed by atoms with Gasteiger partial charge in [0.25, 0.3) is 0 Å². The third kappa shape index (κ3) is 3.93. The fourth-order valence-electron chi connectivity index (χ4n) is 3.54. The van der Waals surface area contributed by atoms with Crippen LogP contribution in [0.15, 0.2) is 10.6 Å². The van der Waals surface area contributed by atoms with E-state index >= 15 is 0 Å². The Kier molecular flexibility index (Phi) is 5.05. The van der Waals surface area contributed by atoms with Crippen molar-refractivity contribution in [3.05, 3.63) is 17.5 Å². The van der Waals surface area contributed by atoms with E-state index in [0.29, 0.717) is 18.0 Å². The van der Waals surface area contributed by atoms with Crippen LogP contribution in [0.25, 0.3) is 0 Å². The van der Waals surface area contributed by atoms with Gasteiger partial charge in [0, 0.05) is 32.3 Å². The standard InChI is InChI=1S/C15H25N3O4S/c1-12-7-13(16-22-12)11-23(19,20)18-10-15(21-2)8-14(18)9-17-5-3-4-6-17/h7,14-15H,3-6,8-11H2,1-2H3/t14-,15-/m0/s1. The van der Waals surface area contributed by atoms with Crippen LogP contribution >= 0.6 is 0 Å². The second kappa shape index (κ2) is 6.88. The molecule has 2 atom stereocenters. The lowest BCUT2D eigenvalue weighted by molar-refractivity contribution is 0.113. The van der Waals surface area contributed by atoms with Crippen LogP contribution in [0.3, 0.4) is 0 Å². The third-order valence-corrected chi connectivity index (χ3v) is 6.51. The van der Waals surface area contributed by atoms with Crippen molar-refractivity contribution in [3.63, 3.8) is 0 Å². The Balaban J connectivity index is 1.73. The Morgan fingerprint density at radius 1 is 1.39 bits per heavy atom. The zero-order chi connectivity index (χ0) is 16.4. The van der Waals surface area contributed by atoms with Crippen molar-refractivity contribution in [3.8, 4) is 0 Å². The molecule has 1 aromatic heterocycles. The topological polar surface area (TPSA) is 75.9 Å². The van der Waals surface area contributed by atoms with Crippen molar-refractivity contribution in [2.75, 3.05) is 33.3 Å². The summed E-state index contributed by atoms with van der Waals surface area (Å²) in [6.07, 6.45) is 3.12. The molecule has 2 aliphatic rings. The maximum absolute atomic E-state index is 12.8. The van der Waals surface area contributed by atoms with Crippen molar-refractivity contribution in [1.82, 2.24) is 14.4 Å². The zero-order valence-electron chi connectivity index (χ0n) is 13.8. The average molecular weight is 343 g/mol. The Morgan fingerprint density at radius 3 is 2.74 bits per heavy atom. The van der Waals surface area contributed by atoms with E-state index in [-0.39, 0.29) is 17.9 Å². The smallest absolute Gasteiger partial charge is 0.220 e. The Morgan fingerprint density at radius 2 is 2.13 bits per heavy atom. The van der Waals surface area contributed by atoms with Gasteiger partial charge >= 0.3 is 0 Å². The van der Waals surface area contributed by atoms with Crippen LogP contribution in [-0.4, -0.2) is 68.2 Å². The van der Waals surface area contributed by atoms with Crippen molar-refractivity contribution in [1.29, 1.82) is 0 Å². The Hall–Kier alpha value is -0.960. The molecule has 3 heterocycles. The van der Waals surface area contributed by atoms with E-state index in [1.54, 1.807) is 24.4 Å². The lowest BCUT2D eigenvalue weighted by Gasteiger charge is -2.27. The van der Waals surface area contributed by atoms with Gasteiger partial charge in [-0.3, -0.25) is 0 Å². The van der Waals surface area contributed by atoms with Gasteiger partial charge in [-0.15, -0.1) is 0 Å². The largest absolute Gasteiger partial charge is 0.380 e. The monoisotopic (exact) mass is 343 g/mol. The van der Waals surface area contributed by atoms with E-state index in [1.807, 2.05) is 0 Å². The molecule has 0 saturated carbocycles. The number of hydrogen-bond donors (Lipinski definition) is 0. The van der Waals surface area contributed by atoms with Crippen molar-refractivity contribution >= 4 is 10.0 Å². The summed E-state index contributed by atoms with van der Waals surface area (Å²) in [5.74, 6) is 0.511. The summed E-state index contributed by atoms with van der Waals surface area (Å²) in [6, 6.07) is 1.66. The molecule has 0 amide bonds. The van der Waals surface area contributed by atoms with Gasteiger partial charge in [-0.25, -0.2) is 8.42 Å². The van der Waals surface area contributed by atoms with Crippen LogP contribution in [0.2, 0.25) is 0 Å². The molecule has 2 saturated heterocycles. The zero-order valence-corrected chi connectivity index (χ0v) is 14.6. The molecule has 8 heteroatoms. The second-order valence-corrected chi connectivity index (χ2v) is 8.43. The second-order valence-electron chi connectivity index (χ2n) is 6.51. The fourth-order valence-corrected chi connectivity index (χ4v) is 5.22. The van der Waals surface area contributed by atoms with Gasteiger partial charge in [-0.2, -0.15) is 4.31 Å². The highest BCUT2D eigenvalue weighted by Gasteiger charge is 2.40. The number of ether oxygens (including phenoxy) is 1. The number of methoxy groups -OCH3 is 1. The lowest BCUT2D eigenvalue weighted by atomic mass is 10.2. The molecule has 0 aromatic carbocycles. The van der Waals surface area contributed by atoms with Crippen LogP contribution < -0.4 is 0 Å². The summed E-state index contributed by atoms with van der Waals surface area (Å²) in [7, 11) is -1.78. The summed E-state index contributed by atoms with van der Waals surface area (Å²) >= 11 is 0. The fraction of sp³-hybridized carbons (Fsp3) is 0.800. The van der Waals surface area contributed by atoms with E-state index in [1.165, 1.54) is 12.8 Å². The Bertz CT molecular complexity index is 624. The minimum absolute atomic E-state index is 0.0175. The normalized spacial score (nSPS) is 27.0. The first-order valence-corrected chi connectivity index (χ1v) is 9.76. The van der Waals surface area contributed by atoms with E-state index in [0.717, 1.165) is 26.1 Å². The van der Waals surface area contributed by atoms with Gasteiger partial charge in [-0.1, -0.05) is 5.16 Å². The first-order valence-electron chi connectivity index (χ1n) is 8.15. The number of likely N-dealkylation sites (tertiary alicyclic amines) is 1. The first kappa shape index (κ1) is 16.9. The molecule has 2 aliphatic heterocycles. The number of sulfonamides is 1. The molecular formula is C15H25N3O4S. The average Bonchev–Trinajstić information content (AvgIpc) is 3.21.